The fourth-order valence-corrected chi connectivity index (χ4v) is 13.8. The minimum absolute atomic E-state index is 0.620. The van der Waals surface area contributed by atoms with Gasteiger partial charge in [-0.1, -0.05) is 188 Å². The van der Waals surface area contributed by atoms with E-state index < -0.39 is 0 Å². The summed E-state index contributed by atoms with van der Waals surface area (Å²) in [5.74, 6) is 0.620. The van der Waals surface area contributed by atoms with Crippen molar-refractivity contribution in [3.63, 3.8) is 0 Å². The third kappa shape index (κ3) is 6.92. The molecule has 0 saturated carbocycles. The number of nitrogens with zero attached hydrogens (tertiary/aromatic N) is 6. The van der Waals surface area contributed by atoms with E-state index in [0.717, 1.165) is 99.5 Å². The first-order valence-electron chi connectivity index (χ1n) is 28.7. The van der Waals surface area contributed by atoms with Crippen molar-refractivity contribution in [3.8, 4) is 56.5 Å². The molecule has 6 nitrogen and oxygen atoms in total. The number of aromatic nitrogens is 6. The standard InChI is InChI=1S/C78H48N6/c1-3-20-55(21-4-1)81-69-31-14-11-28-61(69)66-45-50(37-42-72(66)81)52-35-39-63-59-26-9-13-30-68(59)83(74(63)47-52)57-24-17-19-54(44-57)76-65-41-34-49-18-7-8-25-58(49)77(65)80-78(79-76)84-71-33-16-10-27-60(71)64-40-36-53(48-75(64)84)51-38-43-73-67(46-51)62-29-12-15-32-70(62)82(73)56-22-5-2-6-23-56/h1-48H. The Kier molecular flexibility index (Phi) is 9.99. The Balaban J connectivity index is 0.815. The molecule has 5 heterocycles. The van der Waals surface area contributed by atoms with Crippen LogP contribution in [0.15, 0.2) is 291 Å². The Morgan fingerprint density at radius 2 is 0.595 bits per heavy atom. The number of hydrogen-bond acceptors (Lipinski definition) is 2. The molecule has 0 bridgehead atoms. The average Bonchev–Trinajstić information content (AvgIpc) is 4.08. The van der Waals surface area contributed by atoms with E-state index in [1.54, 1.807) is 0 Å². The minimum atomic E-state index is 0.620. The molecule has 0 fully saturated rings. The summed E-state index contributed by atoms with van der Waals surface area (Å²) in [5.41, 5.74) is 19.8. The van der Waals surface area contributed by atoms with Crippen LogP contribution in [0.5, 0.6) is 0 Å². The second-order valence-corrected chi connectivity index (χ2v) is 22.1. The third-order valence-corrected chi connectivity index (χ3v) is 17.5. The zero-order chi connectivity index (χ0) is 55.0. The Morgan fingerprint density at radius 1 is 0.202 bits per heavy atom. The Hall–Kier alpha value is -11.3. The second-order valence-electron chi connectivity index (χ2n) is 22.1. The van der Waals surface area contributed by atoms with E-state index in [1.165, 1.54) is 59.9 Å². The van der Waals surface area contributed by atoms with E-state index in [-0.39, 0.29) is 0 Å². The van der Waals surface area contributed by atoms with Crippen molar-refractivity contribution in [1.29, 1.82) is 0 Å². The highest BCUT2D eigenvalue weighted by atomic mass is 15.2. The molecule has 18 rings (SSSR count). The van der Waals surface area contributed by atoms with Crippen LogP contribution in [0.2, 0.25) is 0 Å². The van der Waals surface area contributed by atoms with Gasteiger partial charge in [0, 0.05) is 76.5 Å². The first kappa shape index (κ1) is 46.4. The zero-order valence-electron chi connectivity index (χ0n) is 45.4. The van der Waals surface area contributed by atoms with Gasteiger partial charge >= 0.3 is 0 Å². The van der Waals surface area contributed by atoms with Gasteiger partial charge in [-0.25, -0.2) is 9.97 Å². The largest absolute Gasteiger partial charge is 0.309 e. The summed E-state index contributed by atoms with van der Waals surface area (Å²) >= 11 is 0. The van der Waals surface area contributed by atoms with E-state index in [1.807, 2.05) is 0 Å². The number of para-hydroxylation sites is 6. The van der Waals surface area contributed by atoms with Crippen LogP contribution in [-0.2, 0) is 0 Å². The summed E-state index contributed by atoms with van der Waals surface area (Å²) in [4.78, 5) is 11.4. The molecule has 0 unspecified atom stereocenters. The van der Waals surface area contributed by atoms with Crippen LogP contribution in [0.1, 0.15) is 0 Å². The fourth-order valence-electron chi connectivity index (χ4n) is 13.8. The summed E-state index contributed by atoms with van der Waals surface area (Å²) in [6, 6.07) is 106. The summed E-state index contributed by atoms with van der Waals surface area (Å²) < 4.78 is 9.47. The van der Waals surface area contributed by atoms with Crippen LogP contribution in [0.3, 0.4) is 0 Å². The lowest BCUT2D eigenvalue weighted by Gasteiger charge is -2.15. The van der Waals surface area contributed by atoms with Gasteiger partial charge in [-0.2, -0.15) is 0 Å². The highest BCUT2D eigenvalue weighted by Gasteiger charge is 2.22. The third-order valence-electron chi connectivity index (χ3n) is 17.5. The van der Waals surface area contributed by atoms with Crippen molar-refractivity contribution >= 4 is 109 Å². The molecule has 84 heavy (non-hydrogen) atoms. The molecular weight excluding hydrogens is 1020 g/mol. The number of hydrogen-bond donors (Lipinski definition) is 0. The van der Waals surface area contributed by atoms with Crippen molar-refractivity contribution in [2.24, 2.45) is 0 Å². The fraction of sp³-hybridized carbons (Fsp3) is 0. The van der Waals surface area contributed by atoms with Crippen LogP contribution in [0.4, 0.5) is 0 Å². The predicted molar refractivity (Wildman–Crippen MR) is 351 cm³/mol. The molecule has 390 valence electrons. The molecule has 0 amide bonds. The molecule has 0 aliphatic heterocycles. The number of fused-ring (bicyclic) bond motifs is 15. The smallest absolute Gasteiger partial charge is 0.235 e. The second kappa shape index (κ2) is 18.1. The maximum Gasteiger partial charge on any atom is 0.235 e. The van der Waals surface area contributed by atoms with Gasteiger partial charge in [-0.15, -0.1) is 0 Å². The van der Waals surface area contributed by atoms with Crippen LogP contribution >= 0.6 is 0 Å². The van der Waals surface area contributed by atoms with Crippen LogP contribution in [-0.4, -0.2) is 28.2 Å². The van der Waals surface area contributed by atoms with Crippen molar-refractivity contribution in [2.75, 3.05) is 0 Å². The Labute approximate surface area is 482 Å². The summed E-state index contributed by atoms with van der Waals surface area (Å²) in [5, 5.41) is 12.8. The summed E-state index contributed by atoms with van der Waals surface area (Å²) in [7, 11) is 0. The molecular formula is C78H48N6. The topological polar surface area (TPSA) is 45.5 Å². The average molecular weight is 1070 g/mol. The molecule has 0 N–H and O–H groups in total. The summed E-state index contributed by atoms with van der Waals surface area (Å²) in [6.07, 6.45) is 0. The van der Waals surface area contributed by atoms with Gasteiger partial charge in [0.25, 0.3) is 0 Å². The maximum absolute atomic E-state index is 5.74. The van der Waals surface area contributed by atoms with Gasteiger partial charge in [0.1, 0.15) is 0 Å². The van der Waals surface area contributed by atoms with Crippen molar-refractivity contribution in [3.05, 3.63) is 291 Å². The normalized spacial score (nSPS) is 12.0. The highest BCUT2D eigenvalue weighted by molar-refractivity contribution is 6.16. The quantitative estimate of drug-likeness (QED) is 0.149. The highest BCUT2D eigenvalue weighted by Crippen LogP contribution is 2.42. The van der Waals surface area contributed by atoms with Crippen LogP contribution in [0.25, 0.3) is 165 Å². The van der Waals surface area contributed by atoms with Crippen molar-refractivity contribution in [2.45, 2.75) is 0 Å². The zero-order valence-corrected chi connectivity index (χ0v) is 45.4. The Morgan fingerprint density at radius 3 is 1.15 bits per heavy atom. The molecule has 13 aromatic carbocycles. The Bertz CT molecular complexity index is 5740. The monoisotopic (exact) mass is 1070 g/mol. The molecule has 5 aromatic heterocycles. The van der Waals surface area contributed by atoms with Gasteiger partial charge < -0.3 is 13.7 Å². The van der Waals surface area contributed by atoms with Crippen molar-refractivity contribution in [1.82, 2.24) is 28.2 Å². The van der Waals surface area contributed by atoms with Crippen LogP contribution in [0, 0.1) is 0 Å². The van der Waals surface area contributed by atoms with E-state index in [0.29, 0.717) is 5.95 Å². The lowest BCUT2D eigenvalue weighted by atomic mass is 10.0. The molecule has 0 radical (unpaired) electrons. The van der Waals surface area contributed by atoms with Gasteiger partial charge in [0.2, 0.25) is 5.95 Å². The first-order chi connectivity index (χ1) is 41.7. The first-order valence-corrected chi connectivity index (χ1v) is 28.7. The maximum atomic E-state index is 5.74. The molecule has 0 saturated heterocycles. The predicted octanol–water partition coefficient (Wildman–Crippen LogP) is 20.2. The lowest BCUT2D eigenvalue weighted by Crippen LogP contribution is -2.04. The minimum Gasteiger partial charge on any atom is -0.309 e. The van der Waals surface area contributed by atoms with E-state index in [9.17, 15) is 0 Å². The summed E-state index contributed by atoms with van der Waals surface area (Å²) in [6.45, 7) is 0. The lowest BCUT2D eigenvalue weighted by molar-refractivity contribution is 1.01. The van der Waals surface area contributed by atoms with Gasteiger partial charge in [-0.05, 0) is 131 Å². The van der Waals surface area contributed by atoms with Crippen molar-refractivity contribution < 1.29 is 0 Å². The molecule has 18 aromatic rings. The molecule has 0 aliphatic rings. The van der Waals surface area contributed by atoms with E-state index in [4.69, 9.17) is 9.97 Å². The molecule has 0 atom stereocenters. The SMILES string of the molecule is c1ccc(-n2c3ccccc3c3cc(-c4ccc5c6ccccc6n(-c6cccc(-c7nc(-n8c9ccccc9c9ccc(-c%10ccc%11c(c%10)c%10ccccc%10n%11-c%10ccccc%10)cc98)nc8c7ccc7ccccc78)c6)c5c4)ccc32)cc1. The van der Waals surface area contributed by atoms with Gasteiger partial charge in [0.05, 0.1) is 55.3 Å². The van der Waals surface area contributed by atoms with Gasteiger partial charge in [-0.3, -0.25) is 4.57 Å². The van der Waals surface area contributed by atoms with Crippen LogP contribution < -0.4 is 0 Å². The molecule has 6 heteroatoms. The number of rotatable bonds is 7. The molecule has 0 spiro atoms. The van der Waals surface area contributed by atoms with Gasteiger partial charge in [0.15, 0.2) is 0 Å². The van der Waals surface area contributed by atoms with E-state index in [2.05, 4.69) is 309 Å². The van der Waals surface area contributed by atoms with E-state index >= 15 is 0 Å². The number of benzene rings is 13. The molecule has 0 aliphatic carbocycles.